The molecule has 0 spiro atoms. The van der Waals surface area contributed by atoms with Crippen LogP contribution < -0.4 is 11.1 Å². The maximum absolute atomic E-state index is 11.2. The predicted octanol–water partition coefficient (Wildman–Crippen LogP) is -4.07. The number of aliphatic hydroxyl groups excluding tert-OH is 5. The van der Waals surface area contributed by atoms with Crippen LogP contribution in [-0.2, 0) is 9.53 Å². The van der Waals surface area contributed by atoms with E-state index in [1.165, 1.54) is 0 Å². The average Bonchev–Trinajstić information content (AvgIpc) is 2.50. The Kier molecular flexibility index (Phi) is 7.59. The molecule has 0 bridgehead atoms. The number of aliphatic carboxylic acids is 1. The Morgan fingerprint density at radius 2 is 1.82 bits per heavy atom. The Morgan fingerprint density at radius 3 is 2.32 bits per heavy atom. The summed E-state index contributed by atoms with van der Waals surface area (Å²) in [5.41, 5.74) is 5.24. The summed E-state index contributed by atoms with van der Waals surface area (Å²) in [6.45, 7) is -0.612. The molecule has 1 saturated heterocycles. The van der Waals surface area contributed by atoms with Crippen molar-refractivity contribution in [2.45, 2.75) is 55.6 Å². The molecule has 1 aliphatic heterocycles. The van der Waals surface area contributed by atoms with E-state index in [4.69, 9.17) is 20.7 Å². The van der Waals surface area contributed by atoms with Crippen molar-refractivity contribution in [2.75, 3.05) is 13.2 Å². The lowest BCUT2D eigenvalue weighted by Gasteiger charge is -2.41. The summed E-state index contributed by atoms with van der Waals surface area (Å²) in [7, 11) is 0. The molecule has 1 aliphatic rings. The summed E-state index contributed by atoms with van der Waals surface area (Å²) in [5.74, 6) is -1.24. The van der Waals surface area contributed by atoms with E-state index in [1.54, 1.807) is 0 Å². The Balaban J connectivity index is 2.68. The summed E-state index contributed by atoms with van der Waals surface area (Å²) in [5, 5.41) is 59.2. The molecule has 10 nitrogen and oxygen atoms in total. The number of hydrogen-bond donors (Lipinski definition) is 8. The second-order valence-electron chi connectivity index (χ2n) is 5.27. The molecule has 7 atom stereocenters. The number of rotatable bonds is 8. The highest BCUT2D eigenvalue weighted by Crippen LogP contribution is 2.20. The number of aliphatic hydroxyl groups is 5. The first-order chi connectivity index (χ1) is 10.3. The van der Waals surface area contributed by atoms with E-state index in [1.807, 2.05) is 0 Å². The van der Waals surface area contributed by atoms with Gasteiger partial charge in [0.1, 0.15) is 36.7 Å². The SMILES string of the molecule is NCC(O)CC[C@H](NC1O[C@H](CO)[C@H](O)[C@H](O)[C@H]1O)C(=O)O. The minimum atomic E-state index is -1.59. The van der Waals surface area contributed by atoms with E-state index < -0.39 is 55.4 Å². The highest BCUT2D eigenvalue weighted by atomic mass is 16.6. The van der Waals surface area contributed by atoms with Crippen LogP contribution in [0.5, 0.6) is 0 Å². The third-order valence-corrected chi connectivity index (χ3v) is 3.62. The Bertz CT molecular complexity index is 356. The zero-order valence-corrected chi connectivity index (χ0v) is 11.9. The maximum Gasteiger partial charge on any atom is 0.320 e. The van der Waals surface area contributed by atoms with Gasteiger partial charge in [-0.25, -0.2) is 0 Å². The fourth-order valence-corrected chi connectivity index (χ4v) is 2.19. The van der Waals surface area contributed by atoms with Crippen LogP contribution >= 0.6 is 0 Å². The van der Waals surface area contributed by atoms with Crippen LogP contribution in [0.15, 0.2) is 0 Å². The van der Waals surface area contributed by atoms with Crippen molar-refractivity contribution in [3.8, 4) is 0 Å². The van der Waals surface area contributed by atoms with E-state index in [2.05, 4.69) is 5.32 Å². The van der Waals surface area contributed by atoms with Crippen LogP contribution in [0.25, 0.3) is 0 Å². The third kappa shape index (κ3) is 4.83. The fourth-order valence-electron chi connectivity index (χ4n) is 2.19. The van der Waals surface area contributed by atoms with Crippen molar-refractivity contribution in [1.29, 1.82) is 0 Å². The predicted molar refractivity (Wildman–Crippen MR) is 72.6 cm³/mol. The smallest absolute Gasteiger partial charge is 0.320 e. The molecule has 0 saturated carbocycles. The van der Waals surface area contributed by atoms with Gasteiger partial charge in [-0.3, -0.25) is 10.1 Å². The van der Waals surface area contributed by atoms with Crippen LogP contribution in [0.3, 0.4) is 0 Å². The molecule has 9 N–H and O–H groups in total. The molecule has 130 valence electrons. The standard InChI is InChI=1S/C12H24N2O8/c13-3-5(16)1-2-6(12(20)21)14-11-10(19)9(18)8(17)7(4-15)22-11/h5-11,14-19H,1-4,13H2,(H,20,21)/t5?,6-,7+,8-,9-,10+,11?/m0/s1. The van der Waals surface area contributed by atoms with Gasteiger partial charge < -0.3 is 41.1 Å². The number of hydrogen-bond acceptors (Lipinski definition) is 9. The van der Waals surface area contributed by atoms with Crippen molar-refractivity contribution in [1.82, 2.24) is 5.32 Å². The van der Waals surface area contributed by atoms with Gasteiger partial charge in [-0.1, -0.05) is 0 Å². The van der Waals surface area contributed by atoms with Gasteiger partial charge in [0.2, 0.25) is 0 Å². The van der Waals surface area contributed by atoms with E-state index in [-0.39, 0.29) is 19.4 Å². The molecular weight excluding hydrogens is 300 g/mol. The maximum atomic E-state index is 11.2. The molecule has 0 aromatic heterocycles. The molecule has 2 unspecified atom stereocenters. The van der Waals surface area contributed by atoms with Gasteiger partial charge in [0.05, 0.1) is 12.7 Å². The van der Waals surface area contributed by atoms with Crippen molar-refractivity contribution in [3.05, 3.63) is 0 Å². The first kappa shape index (κ1) is 19.2. The largest absolute Gasteiger partial charge is 0.480 e. The van der Waals surface area contributed by atoms with E-state index in [0.29, 0.717) is 0 Å². The fraction of sp³-hybridized carbons (Fsp3) is 0.917. The topological polar surface area (TPSA) is 186 Å². The Labute approximate surface area is 127 Å². The van der Waals surface area contributed by atoms with Crippen LogP contribution in [0.2, 0.25) is 0 Å². The highest BCUT2D eigenvalue weighted by Gasteiger charge is 2.44. The number of carboxylic acid groups (broad SMARTS) is 1. The van der Waals surface area contributed by atoms with Crippen LogP contribution in [0.4, 0.5) is 0 Å². The Hall–Kier alpha value is -0.850. The van der Waals surface area contributed by atoms with Crippen molar-refractivity contribution in [3.63, 3.8) is 0 Å². The van der Waals surface area contributed by atoms with Crippen molar-refractivity contribution >= 4 is 5.97 Å². The summed E-state index contributed by atoms with van der Waals surface area (Å²) in [4.78, 5) is 11.2. The lowest BCUT2D eigenvalue weighted by atomic mass is 9.97. The van der Waals surface area contributed by atoms with Crippen molar-refractivity contribution < 1.29 is 40.2 Å². The first-order valence-electron chi connectivity index (χ1n) is 6.99. The Morgan fingerprint density at radius 1 is 1.18 bits per heavy atom. The second-order valence-corrected chi connectivity index (χ2v) is 5.27. The minimum Gasteiger partial charge on any atom is -0.480 e. The highest BCUT2D eigenvalue weighted by molar-refractivity contribution is 5.73. The van der Waals surface area contributed by atoms with Gasteiger partial charge in [0.25, 0.3) is 0 Å². The van der Waals surface area contributed by atoms with E-state index >= 15 is 0 Å². The zero-order valence-electron chi connectivity index (χ0n) is 11.9. The van der Waals surface area contributed by atoms with E-state index in [9.17, 15) is 25.2 Å². The van der Waals surface area contributed by atoms with Crippen molar-refractivity contribution in [2.24, 2.45) is 5.73 Å². The lowest BCUT2D eigenvalue weighted by molar-refractivity contribution is -0.238. The van der Waals surface area contributed by atoms with Crippen LogP contribution in [0.1, 0.15) is 12.8 Å². The molecule has 0 aliphatic carbocycles. The van der Waals surface area contributed by atoms with Gasteiger partial charge in [0.15, 0.2) is 0 Å². The molecule has 22 heavy (non-hydrogen) atoms. The van der Waals surface area contributed by atoms with Gasteiger partial charge >= 0.3 is 5.97 Å². The third-order valence-electron chi connectivity index (χ3n) is 3.62. The molecule has 0 aromatic rings. The molecule has 1 fully saturated rings. The second kappa shape index (κ2) is 8.70. The van der Waals surface area contributed by atoms with Gasteiger partial charge in [-0.05, 0) is 12.8 Å². The lowest BCUT2D eigenvalue weighted by Crippen LogP contribution is -2.64. The van der Waals surface area contributed by atoms with E-state index in [0.717, 1.165) is 0 Å². The summed E-state index contributed by atoms with van der Waals surface area (Å²) in [6.07, 6.45) is -7.79. The number of nitrogens with two attached hydrogens (primary N) is 1. The monoisotopic (exact) mass is 324 g/mol. The summed E-state index contributed by atoms with van der Waals surface area (Å²) < 4.78 is 5.17. The summed E-state index contributed by atoms with van der Waals surface area (Å²) in [6, 6.07) is -1.16. The average molecular weight is 324 g/mol. The van der Waals surface area contributed by atoms with Crippen LogP contribution in [-0.4, -0.2) is 92.5 Å². The molecular formula is C12H24N2O8. The van der Waals surface area contributed by atoms with Crippen LogP contribution in [0, 0.1) is 0 Å². The first-order valence-corrected chi connectivity index (χ1v) is 6.99. The molecule has 0 radical (unpaired) electrons. The number of nitrogens with one attached hydrogen (secondary N) is 1. The molecule has 0 amide bonds. The van der Waals surface area contributed by atoms with Gasteiger partial charge in [0, 0.05) is 6.54 Å². The number of carbonyl (C=O) groups is 1. The molecule has 1 heterocycles. The quantitative estimate of drug-likeness (QED) is 0.218. The molecule has 10 heteroatoms. The van der Waals surface area contributed by atoms with Gasteiger partial charge in [-0.2, -0.15) is 0 Å². The number of carboxylic acids is 1. The normalized spacial score (nSPS) is 35.1. The molecule has 1 rings (SSSR count). The number of ether oxygens (including phenoxy) is 1. The minimum absolute atomic E-state index is 0.00755. The van der Waals surface area contributed by atoms with Gasteiger partial charge in [-0.15, -0.1) is 0 Å². The summed E-state index contributed by atoms with van der Waals surface area (Å²) >= 11 is 0. The zero-order chi connectivity index (χ0) is 16.9. The molecule has 0 aromatic carbocycles.